The van der Waals surface area contributed by atoms with Gasteiger partial charge in [-0.2, -0.15) is 0 Å². The zero-order valence-electron chi connectivity index (χ0n) is 21.5. The summed E-state index contributed by atoms with van der Waals surface area (Å²) in [5.41, 5.74) is 3.64. The number of nitrogens with zero attached hydrogens (tertiary/aromatic N) is 2. The van der Waals surface area contributed by atoms with Gasteiger partial charge in [-0.3, -0.25) is 0 Å². The third-order valence-corrected chi connectivity index (χ3v) is 9.43. The van der Waals surface area contributed by atoms with Crippen molar-refractivity contribution < 1.29 is 9.47 Å². The maximum absolute atomic E-state index is 5.84. The van der Waals surface area contributed by atoms with Gasteiger partial charge in [0, 0.05) is 22.0 Å². The minimum atomic E-state index is -0.912. The molecule has 0 aliphatic heterocycles. The zero-order valence-corrected chi connectivity index (χ0v) is 23.5. The highest BCUT2D eigenvalue weighted by Crippen LogP contribution is 2.21. The minimum absolute atomic E-state index is 0.238. The van der Waals surface area contributed by atoms with Crippen LogP contribution < -0.4 is 9.47 Å². The van der Waals surface area contributed by atoms with Crippen LogP contribution in [0.15, 0.2) is 36.7 Å². The Morgan fingerprint density at radius 2 is 1.42 bits per heavy atom. The third-order valence-electron chi connectivity index (χ3n) is 5.55. The summed E-state index contributed by atoms with van der Waals surface area (Å²) in [6.45, 7) is 13.5. The van der Waals surface area contributed by atoms with Gasteiger partial charge < -0.3 is 9.47 Å². The molecule has 2 aromatic rings. The van der Waals surface area contributed by atoms with E-state index < -0.39 is 8.07 Å². The first-order valence-electron chi connectivity index (χ1n) is 12.7. The fraction of sp³-hybridized carbons (Fsp3) is 0.593. The van der Waals surface area contributed by atoms with Crippen molar-refractivity contribution in [2.24, 2.45) is 0 Å². The molecule has 1 aromatic heterocycles. The summed E-state index contributed by atoms with van der Waals surface area (Å²) < 4.78 is 11.6. The number of benzene rings is 1. The lowest BCUT2D eigenvalue weighted by Crippen LogP contribution is -2.21. The van der Waals surface area contributed by atoms with E-state index in [0.717, 1.165) is 43.1 Å². The molecule has 0 spiro atoms. The molecule has 1 aromatic carbocycles. The number of hydrogen-bond acceptors (Lipinski definition) is 4. The molecule has 0 N–H and O–H groups in total. The standard InChI is InChI=1S/C27H44N2O2Si2/c1-6-7-10-17-30-25-15-13-24(14-16-25)27-28-22-26(23-29-27)31-18-11-8-9-12-19-32(2)20-21-33(3,4)5/h13-16,20,22-23H,6-12,17-19,21H2,1-5H3. The molecule has 33 heavy (non-hydrogen) atoms. The van der Waals surface area contributed by atoms with Crippen molar-refractivity contribution in [1.82, 2.24) is 9.97 Å². The largest absolute Gasteiger partial charge is 0.494 e. The zero-order chi connectivity index (χ0) is 23.9. The van der Waals surface area contributed by atoms with Gasteiger partial charge in [-0.15, -0.1) is 5.67 Å². The highest BCUT2D eigenvalue weighted by Gasteiger charge is 2.10. The second-order valence-electron chi connectivity index (χ2n) is 10.2. The predicted octanol–water partition coefficient (Wildman–Crippen LogP) is 7.50. The van der Waals surface area contributed by atoms with Gasteiger partial charge in [0.15, 0.2) is 11.6 Å². The van der Waals surface area contributed by atoms with Crippen molar-refractivity contribution in [1.29, 1.82) is 0 Å². The maximum atomic E-state index is 5.84. The summed E-state index contributed by atoms with van der Waals surface area (Å²) in [4.78, 5) is 8.95. The first kappa shape index (κ1) is 27.4. The van der Waals surface area contributed by atoms with Crippen molar-refractivity contribution in [3.63, 3.8) is 0 Å². The van der Waals surface area contributed by atoms with Gasteiger partial charge in [-0.25, -0.2) is 9.97 Å². The molecule has 0 unspecified atom stereocenters. The van der Waals surface area contributed by atoms with E-state index in [0.29, 0.717) is 5.82 Å². The van der Waals surface area contributed by atoms with Crippen LogP contribution in [0.5, 0.6) is 11.5 Å². The smallest absolute Gasteiger partial charge is 0.159 e. The lowest BCUT2D eigenvalue weighted by atomic mass is 10.2. The molecule has 182 valence electrons. The van der Waals surface area contributed by atoms with Crippen LogP contribution in [-0.2, 0) is 0 Å². The Balaban J connectivity index is 1.62. The van der Waals surface area contributed by atoms with Crippen molar-refractivity contribution in [3.8, 4) is 22.9 Å². The van der Waals surface area contributed by atoms with E-state index in [2.05, 4.69) is 48.8 Å². The summed E-state index contributed by atoms with van der Waals surface area (Å²) in [6, 6.07) is 10.8. The normalized spacial score (nSPS) is 12.1. The van der Waals surface area contributed by atoms with Crippen molar-refractivity contribution >= 4 is 22.2 Å². The molecule has 1 heterocycles. The quantitative estimate of drug-likeness (QED) is 0.183. The molecule has 0 fully saturated rings. The first-order valence-corrected chi connectivity index (χ1v) is 18.7. The number of unbranched alkanes of at least 4 members (excludes halogenated alkanes) is 5. The molecule has 0 amide bonds. The number of ether oxygens (including phenoxy) is 2. The first-order chi connectivity index (χ1) is 15.9. The van der Waals surface area contributed by atoms with Crippen LogP contribution in [0.2, 0.25) is 38.3 Å². The lowest BCUT2D eigenvalue weighted by Gasteiger charge is -2.13. The van der Waals surface area contributed by atoms with E-state index in [1.165, 1.54) is 44.2 Å². The van der Waals surface area contributed by atoms with Crippen LogP contribution >= 0.6 is 0 Å². The van der Waals surface area contributed by atoms with E-state index in [4.69, 9.17) is 9.47 Å². The van der Waals surface area contributed by atoms with E-state index in [9.17, 15) is 0 Å². The van der Waals surface area contributed by atoms with E-state index in [1.54, 1.807) is 12.4 Å². The van der Waals surface area contributed by atoms with Crippen LogP contribution in [0.3, 0.4) is 0 Å². The van der Waals surface area contributed by atoms with Gasteiger partial charge in [-0.05, 0) is 49.2 Å². The van der Waals surface area contributed by atoms with Gasteiger partial charge in [0.2, 0.25) is 0 Å². The lowest BCUT2D eigenvalue weighted by molar-refractivity contribution is 0.302. The fourth-order valence-corrected chi connectivity index (χ4v) is 8.27. The Morgan fingerprint density at radius 1 is 0.818 bits per heavy atom. The van der Waals surface area contributed by atoms with Gasteiger partial charge in [0.05, 0.1) is 25.6 Å². The summed E-state index contributed by atoms with van der Waals surface area (Å²) in [6.07, 6.45) is 12.0. The summed E-state index contributed by atoms with van der Waals surface area (Å²) in [5, 5.41) is 0. The number of hydrogen-bond donors (Lipinski definition) is 0. The van der Waals surface area contributed by atoms with Gasteiger partial charge in [0.25, 0.3) is 0 Å². The molecule has 2 rings (SSSR count). The van der Waals surface area contributed by atoms with Gasteiger partial charge >= 0.3 is 0 Å². The highest BCUT2D eigenvalue weighted by atomic mass is 28.3. The Hall–Kier alpha value is -1.80. The predicted molar refractivity (Wildman–Crippen MR) is 147 cm³/mol. The molecule has 0 aliphatic carbocycles. The second-order valence-corrected chi connectivity index (χ2v) is 18.3. The van der Waals surface area contributed by atoms with Crippen molar-refractivity contribution in [3.05, 3.63) is 36.7 Å². The molecule has 0 atom stereocenters. The fourth-order valence-electron chi connectivity index (χ4n) is 3.41. The third kappa shape index (κ3) is 12.3. The Bertz CT molecular complexity index is 816. The minimum Gasteiger partial charge on any atom is -0.494 e. The summed E-state index contributed by atoms with van der Waals surface area (Å²) in [7, 11) is -1.15. The topological polar surface area (TPSA) is 44.2 Å². The van der Waals surface area contributed by atoms with Gasteiger partial charge in [-0.1, -0.05) is 65.2 Å². The highest BCUT2D eigenvalue weighted by molar-refractivity contribution is 6.82. The van der Waals surface area contributed by atoms with Crippen LogP contribution in [0.25, 0.3) is 11.4 Å². The van der Waals surface area contributed by atoms with Crippen molar-refractivity contribution in [2.45, 2.75) is 90.1 Å². The van der Waals surface area contributed by atoms with Crippen LogP contribution in [0.1, 0.15) is 51.9 Å². The summed E-state index contributed by atoms with van der Waals surface area (Å²) >= 11 is 0. The molecule has 6 heteroatoms. The molecule has 0 saturated heterocycles. The van der Waals surface area contributed by atoms with E-state index in [1.807, 2.05) is 24.3 Å². The summed E-state index contributed by atoms with van der Waals surface area (Å²) in [5.74, 6) is 2.35. The second kappa shape index (κ2) is 15.2. The van der Waals surface area contributed by atoms with E-state index >= 15 is 0 Å². The average molecular weight is 485 g/mol. The Kier molecular flexibility index (Phi) is 12.6. The Labute approximate surface area is 204 Å². The van der Waals surface area contributed by atoms with Crippen LogP contribution in [-0.4, -0.2) is 45.3 Å². The monoisotopic (exact) mass is 484 g/mol. The van der Waals surface area contributed by atoms with Crippen LogP contribution in [0, 0.1) is 0 Å². The van der Waals surface area contributed by atoms with E-state index in [-0.39, 0.29) is 8.41 Å². The maximum Gasteiger partial charge on any atom is 0.159 e. The van der Waals surface area contributed by atoms with Gasteiger partial charge in [0.1, 0.15) is 5.75 Å². The van der Waals surface area contributed by atoms with Crippen LogP contribution in [0.4, 0.5) is 0 Å². The van der Waals surface area contributed by atoms with Crippen molar-refractivity contribution in [2.75, 3.05) is 13.2 Å². The molecule has 0 bridgehead atoms. The number of rotatable bonds is 16. The molecule has 0 radical (unpaired) electrons. The number of aromatic nitrogens is 2. The average Bonchev–Trinajstić information content (AvgIpc) is 2.80. The molecular formula is C27H44N2O2Si2. The SMILES string of the molecule is CCCCCOc1ccc(-c2ncc(OCCCCCC[Si](C)=CC[Si](C)(C)C)cn2)cc1. The molecule has 0 aliphatic rings. The Morgan fingerprint density at radius 3 is 2.06 bits per heavy atom. The molecule has 0 saturated carbocycles. The molecular weight excluding hydrogens is 440 g/mol. The molecule has 4 nitrogen and oxygen atoms in total.